The number of hydrogen-bond donors (Lipinski definition) is 1. The van der Waals surface area contributed by atoms with Crippen LogP contribution in [0.5, 0.6) is 6.01 Å². The fourth-order valence-corrected chi connectivity index (χ4v) is 1.34. The summed E-state index contributed by atoms with van der Waals surface area (Å²) in [4.78, 5) is 15.8. The fraction of sp³-hybridized carbons (Fsp3) is 0.273. The zero-order valence-corrected chi connectivity index (χ0v) is 10.0. The van der Waals surface area contributed by atoms with Crippen LogP contribution in [0.25, 0.3) is 11.4 Å². The van der Waals surface area contributed by atoms with Gasteiger partial charge >= 0.3 is 6.01 Å². The number of aromatic nitrogens is 4. The molecule has 0 aliphatic heterocycles. The molecule has 2 rings (SSSR count). The fourth-order valence-electron chi connectivity index (χ4n) is 1.34. The second-order valence-electron chi connectivity index (χ2n) is 3.30. The Kier molecular flexibility index (Phi) is 3.61. The number of ether oxygens (including phenoxy) is 1. The summed E-state index contributed by atoms with van der Waals surface area (Å²) in [7, 11) is 1.66. The SMILES string of the molecule is CCOc1nc(NC)nc(-c2ccncc2F)n1. The third kappa shape index (κ3) is 2.50. The largest absolute Gasteiger partial charge is 0.464 e. The van der Waals surface area contributed by atoms with Gasteiger partial charge in [0.25, 0.3) is 0 Å². The zero-order valence-electron chi connectivity index (χ0n) is 10.0. The molecule has 2 aromatic rings. The Morgan fingerprint density at radius 2 is 2.17 bits per heavy atom. The average Bonchev–Trinajstić information content (AvgIpc) is 2.39. The quantitative estimate of drug-likeness (QED) is 0.885. The van der Waals surface area contributed by atoms with Crippen LogP contribution in [-0.4, -0.2) is 33.6 Å². The van der Waals surface area contributed by atoms with Crippen LogP contribution in [0.1, 0.15) is 6.92 Å². The predicted molar refractivity (Wildman–Crippen MR) is 63.7 cm³/mol. The van der Waals surface area contributed by atoms with Gasteiger partial charge in [-0.05, 0) is 13.0 Å². The number of anilines is 1. The highest BCUT2D eigenvalue weighted by molar-refractivity contribution is 5.56. The van der Waals surface area contributed by atoms with Crippen molar-refractivity contribution in [2.75, 3.05) is 19.0 Å². The highest BCUT2D eigenvalue weighted by atomic mass is 19.1. The highest BCUT2D eigenvalue weighted by Gasteiger charge is 2.12. The van der Waals surface area contributed by atoms with Gasteiger partial charge in [-0.3, -0.25) is 4.98 Å². The first-order chi connectivity index (χ1) is 8.74. The molecule has 94 valence electrons. The molecule has 0 radical (unpaired) electrons. The molecule has 2 aromatic heterocycles. The first kappa shape index (κ1) is 12.2. The van der Waals surface area contributed by atoms with Crippen LogP contribution in [0.3, 0.4) is 0 Å². The first-order valence-electron chi connectivity index (χ1n) is 5.41. The molecule has 0 saturated heterocycles. The Labute approximate surface area is 103 Å². The van der Waals surface area contributed by atoms with Gasteiger partial charge in [-0.25, -0.2) is 4.39 Å². The van der Waals surface area contributed by atoms with E-state index in [1.807, 2.05) is 6.92 Å². The minimum absolute atomic E-state index is 0.156. The van der Waals surface area contributed by atoms with Gasteiger partial charge in [-0.1, -0.05) is 0 Å². The molecular formula is C11H12FN5O. The highest BCUT2D eigenvalue weighted by Crippen LogP contribution is 2.20. The van der Waals surface area contributed by atoms with Crippen molar-refractivity contribution in [1.82, 2.24) is 19.9 Å². The van der Waals surface area contributed by atoms with E-state index in [4.69, 9.17) is 4.74 Å². The Bertz CT molecular complexity index is 549. The molecule has 0 aliphatic rings. The summed E-state index contributed by atoms with van der Waals surface area (Å²) < 4.78 is 18.8. The van der Waals surface area contributed by atoms with Crippen LogP contribution in [0.2, 0.25) is 0 Å². The Hall–Kier alpha value is -2.31. The Morgan fingerprint density at radius 1 is 1.33 bits per heavy atom. The van der Waals surface area contributed by atoms with Crippen LogP contribution >= 0.6 is 0 Å². The Morgan fingerprint density at radius 3 is 2.83 bits per heavy atom. The minimum atomic E-state index is -0.492. The maximum absolute atomic E-state index is 13.6. The van der Waals surface area contributed by atoms with Crippen molar-refractivity contribution in [2.45, 2.75) is 6.92 Å². The van der Waals surface area contributed by atoms with Gasteiger partial charge in [0.1, 0.15) is 0 Å². The summed E-state index contributed by atoms with van der Waals surface area (Å²) in [6.07, 6.45) is 2.58. The number of halogens is 1. The van der Waals surface area contributed by atoms with E-state index >= 15 is 0 Å². The third-order valence-electron chi connectivity index (χ3n) is 2.13. The maximum atomic E-state index is 13.6. The van der Waals surface area contributed by atoms with Gasteiger partial charge < -0.3 is 10.1 Å². The minimum Gasteiger partial charge on any atom is -0.464 e. The van der Waals surface area contributed by atoms with Gasteiger partial charge in [0, 0.05) is 13.2 Å². The van der Waals surface area contributed by atoms with Gasteiger partial charge in [0.15, 0.2) is 11.6 Å². The van der Waals surface area contributed by atoms with E-state index in [1.165, 1.54) is 12.3 Å². The van der Waals surface area contributed by atoms with E-state index in [0.29, 0.717) is 12.6 Å². The van der Waals surface area contributed by atoms with Gasteiger partial charge in [-0.15, -0.1) is 0 Å². The molecule has 18 heavy (non-hydrogen) atoms. The second kappa shape index (κ2) is 5.35. The summed E-state index contributed by atoms with van der Waals surface area (Å²) in [5.74, 6) is 0.0329. The zero-order chi connectivity index (χ0) is 13.0. The van der Waals surface area contributed by atoms with Crippen LogP contribution in [0, 0.1) is 5.82 Å². The summed E-state index contributed by atoms with van der Waals surface area (Å²) >= 11 is 0. The van der Waals surface area contributed by atoms with Gasteiger partial charge in [0.2, 0.25) is 5.95 Å². The lowest BCUT2D eigenvalue weighted by atomic mass is 10.2. The number of hydrogen-bond acceptors (Lipinski definition) is 6. The smallest absolute Gasteiger partial charge is 0.321 e. The maximum Gasteiger partial charge on any atom is 0.321 e. The summed E-state index contributed by atoms with van der Waals surface area (Å²) in [6, 6.07) is 1.66. The van der Waals surface area contributed by atoms with E-state index in [0.717, 1.165) is 6.20 Å². The van der Waals surface area contributed by atoms with Gasteiger partial charge in [0.05, 0.1) is 18.4 Å². The molecule has 0 fully saturated rings. The standard InChI is InChI=1S/C11H12FN5O/c1-3-18-11-16-9(15-10(13-2)17-11)7-4-5-14-6-8(7)12/h4-6H,3H2,1-2H3,(H,13,15,16,17). The molecule has 0 spiro atoms. The normalized spacial score (nSPS) is 10.2. The third-order valence-corrected chi connectivity index (χ3v) is 2.13. The second-order valence-corrected chi connectivity index (χ2v) is 3.30. The lowest BCUT2D eigenvalue weighted by molar-refractivity contribution is 0.312. The van der Waals surface area contributed by atoms with Crippen LogP contribution in [0.4, 0.5) is 10.3 Å². The molecule has 0 atom stereocenters. The monoisotopic (exact) mass is 249 g/mol. The first-order valence-corrected chi connectivity index (χ1v) is 5.41. The molecule has 7 heteroatoms. The van der Waals surface area contributed by atoms with Crippen LogP contribution in [0.15, 0.2) is 18.5 Å². The van der Waals surface area contributed by atoms with Crippen molar-refractivity contribution in [3.8, 4) is 17.4 Å². The lowest BCUT2D eigenvalue weighted by Crippen LogP contribution is -2.05. The van der Waals surface area contributed by atoms with E-state index < -0.39 is 5.82 Å². The van der Waals surface area contributed by atoms with E-state index in [-0.39, 0.29) is 17.4 Å². The van der Waals surface area contributed by atoms with Crippen molar-refractivity contribution in [3.63, 3.8) is 0 Å². The lowest BCUT2D eigenvalue weighted by Gasteiger charge is -2.07. The number of pyridine rings is 1. The molecule has 0 unspecified atom stereocenters. The average molecular weight is 249 g/mol. The van der Waals surface area contributed by atoms with E-state index in [9.17, 15) is 4.39 Å². The molecule has 0 saturated carbocycles. The van der Waals surface area contributed by atoms with Crippen LogP contribution < -0.4 is 10.1 Å². The summed E-state index contributed by atoms with van der Waals surface area (Å²) in [5, 5.41) is 2.78. The van der Waals surface area contributed by atoms with Crippen LogP contribution in [-0.2, 0) is 0 Å². The molecule has 2 heterocycles. The number of nitrogens with zero attached hydrogens (tertiary/aromatic N) is 4. The molecular weight excluding hydrogens is 237 g/mol. The predicted octanol–water partition coefficient (Wildman–Crippen LogP) is 1.51. The molecule has 0 aliphatic carbocycles. The molecule has 1 N–H and O–H groups in total. The Balaban J connectivity index is 2.50. The van der Waals surface area contributed by atoms with Crippen molar-refractivity contribution in [3.05, 3.63) is 24.3 Å². The molecule has 0 bridgehead atoms. The van der Waals surface area contributed by atoms with Gasteiger partial charge in [-0.2, -0.15) is 15.0 Å². The number of rotatable bonds is 4. The van der Waals surface area contributed by atoms with E-state index in [1.54, 1.807) is 7.05 Å². The molecule has 0 amide bonds. The number of nitrogens with one attached hydrogen (secondary N) is 1. The van der Waals surface area contributed by atoms with E-state index in [2.05, 4.69) is 25.3 Å². The summed E-state index contributed by atoms with van der Waals surface area (Å²) in [5.41, 5.74) is 0.254. The van der Waals surface area contributed by atoms with Crippen molar-refractivity contribution < 1.29 is 9.13 Å². The summed E-state index contributed by atoms with van der Waals surface area (Å²) in [6.45, 7) is 2.24. The van der Waals surface area contributed by atoms with Crippen molar-refractivity contribution in [1.29, 1.82) is 0 Å². The van der Waals surface area contributed by atoms with Crippen molar-refractivity contribution in [2.24, 2.45) is 0 Å². The van der Waals surface area contributed by atoms with Crippen molar-refractivity contribution >= 4 is 5.95 Å². The topological polar surface area (TPSA) is 72.8 Å². The molecule has 0 aromatic carbocycles. The molecule has 6 nitrogen and oxygen atoms in total.